The Balaban J connectivity index is 2.13. The molecule has 0 aliphatic heterocycles. The minimum absolute atomic E-state index is 0.0672. The van der Waals surface area contributed by atoms with Crippen molar-refractivity contribution in [3.63, 3.8) is 0 Å². The highest BCUT2D eigenvalue weighted by atomic mass is 16.5. The first-order valence-corrected chi connectivity index (χ1v) is 5.73. The van der Waals surface area contributed by atoms with Crippen LogP contribution in [0.2, 0.25) is 0 Å². The third kappa shape index (κ3) is 1.93. The molecule has 0 amide bonds. The number of hydrogen-bond donors (Lipinski definition) is 1. The first-order chi connectivity index (χ1) is 7.24. The van der Waals surface area contributed by atoms with E-state index in [4.69, 9.17) is 4.74 Å². The second-order valence-corrected chi connectivity index (χ2v) is 4.46. The minimum atomic E-state index is -0.684. The van der Waals surface area contributed by atoms with Gasteiger partial charge < -0.3 is 9.84 Å². The van der Waals surface area contributed by atoms with E-state index >= 15 is 0 Å². The Labute approximate surface area is 90.1 Å². The van der Waals surface area contributed by atoms with Crippen molar-refractivity contribution in [2.75, 3.05) is 6.61 Å². The average molecular weight is 210 g/mol. The smallest absolute Gasteiger partial charge is 0.309 e. The van der Waals surface area contributed by atoms with E-state index in [9.17, 15) is 9.90 Å². The Morgan fingerprint density at radius 3 is 2.87 bits per heavy atom. The summed E-state index contributed by atoms with van der Waals surface area (Å²) in [5.41, 5.74) is 0. The van der Waals surface area contributed by atoms with Crippen LogP contribution in [0.5, 0.6) is 0 Å². The van der Waals surface area contributed by atoms with E-state index in [2.05, 4.69) is 12.2 Å². The van der Waals surface area contributed by atoms with E-state index in [-0.39, 0.29) is 12.0 Å². The second kappa shape index (κ2) is 4.35. The van der Waals surface area contributed by atoms with Gasteiger partial charge >= 0.3 is 5.97 Å². The summed E-state index contributed by atoms with van der Waals surface area (Å²) in [7, 11) is 0. The number of allylic oxidation sites excluding steroid dienone is 2. The van der Waals surface area contributed by atoms with Crippen LogP contribution in [0.25, 0.3) is 0 Å². The predicted octanol–water partition coefficient (Wildman–Crippen LogP) is 2.08. The number of carboxylic acid groups (broad SMARTS) is 1. The Hall–Kier alpha value is -0.830. The summed E-state index contributed by atoms with van der Waals surface area (Å²) in [5, 5.41) is 9.25. The minimum Gasteiger partial charge on any atom is -0.481 e. The van der Waals surface area contributed by atoms with Gasteiger partial charge in [0.1, 0.15) is 0 Å². The van der Waals surface area contributed by atoms with E-state index in [1.54, 1.807) is 0 Å². The number of rotatable bonds is 3. The van der Waals surface area contributed by atoms with Crippen molar-refractivity contribution in [1.29, 1.82) is 0 Å². The predicted molar refractivity (Wildman–Crippen MR) is 56.5 cm³/mol. The number of hydrogen-bond acceptors (Lipinski definition) is 2. The molecule has 1 N–H and O–H groups in total. The molecular weight excluding hydrogens is 192 g/mol. The Morgan fingerprint density at radius 2 is 2.20 bits per heavy atom. The van der Waals surface area contributed by atoms with Gasteiger partial charge in [-0.3, -0.25) is 4.79 Å². The number of aliphatic carboxylic acids is 1. The molecule has 4 atom stereocenters. The van der Waals surface area contributed by atoms with Gasteiger partial charge in [-0.1, -0.05) is 12.2 Å². The first-order valence-electron chi connectivity index (χ1n) is 5.73. The second-order valence-electron chi connectivity index (χ2n) is 4.46. The molecule has 2 aliphatic carbocycles. The molecule has 2 rings (SSSR count). The van der Waals surface area contributed by atoms with Crippen LogP contribution in [0.4, 0.5) is 0 Å². The van der Waals surface area contributed by atoms with E-state index in [0.717, 1.165) is 19.3 Å². The lowest BCUT2D eigenvalue weighted by Crippen LogP contribution is -2.30. The summed E-state index contributed by atoms with van der Waals surface area (Å²) in [6.07, 6.45) is 7.07. The maximum Gasteiger partial charge on any atom is 0.309 e. The van der Waals surface area contributed by atoms with Gasteiger partial charge in [-0.2, -0.15) is 0 Å². The van der Waals surface area contributed by atoms with Crippen molar-refractivity contribution in [3.8, 4) is 0 Å². The zero-order valence-electron chi connectivity index (χ0n) is 9.06. The summed E-state index contributed by atoms with van der Waals surface area (Å²) in [6.45, 7) is 2.54. The van der Waals surface area contributed by atoms with Crippen LogP contribution in [0, 0.1) is 17.8 Å². The van der Waals surface area contributed by atoms with Crippen molar-refractivity contribution in [1.82, 2.24) is 0 Å². The van der Waals surface area contributed by atoms with Gasteiger partial charge in [0.15, 0.2) is 0 Å². The topological polar surface area (TPSA) is 46.5 Å². The number of ether oxygens (including phenoxy) is 1. The Bertz CT molecular complexity index is 272. The normalized spacial score (nSPS) is 39.0. The molecular formula is C12H18O3. The summed E-state index contributed by atoms with van der Waals surface area (Å²) >= 11 is 0. The van der Waals surface area contributed by atoms with Crippen LogP contribution in [0.15, 0.2) is 12.2 Å². The van der Waals surface area contributed by atoms with Gasteiger partial charge in [-0.15, -0.1) is 0 Å². The van der Waals surface area contributed by atoms with Gasteiger partial charge in [0.05, 0.1) is 12.0 Å². The molecule has 1 saturated carbocycles. The standard InChI is InChI=1S/C12H18O3/c1-2-15-10-7-8-5-3-4-6-9(8)11(10)12(13)14/h3-4,8-11H,2,5-7H2,1H3,(H,13,14)/t8-,9+,10-,11-/m1/s1. The molecule has 1 fully saturated rings. The fraction of sp³-hybridized carbons (Fsp3) is 0.750. The highest BCUT2D eigenvalue weighted by Gasteiger charge is 2.47. The molecule has 0 spiro atoms. The van der Waals surface area contributed by atoms with Crippen LogP contribution < -0.4 is 0 Å². The fourth-order valence-corrected chi connectivity index (χ4v) is 3.05. The number of fused-ring (bicyclic) bond motifs is 1. The Morgan fingerprint density at radius 1 is 1.47 bits per heavy atom. The van der Waals surface area contributed by atoms with Gasteiger partial charge in [-0.25, -0.2) is 0 Å². The molecule has 2 aliphatic rings. The molecule has 0 aromatic heterocycles. The van der Waals surface area contributed by atoms with Crippen LogP contribution >= 0.6 is 0 Å². The van der Waals surface area contributed by atoms with Gasteiger partial charge in [0.2, 0.25) is 0 Å². The number of carboxylic acids is 1. The van der Waals surface area contributed by atoms with Crippen LogP contribution in [-0.4, -0.2) is 23.8 Å². The molecule has 3 heteroatoms. The lowest BCUT2D eigenvalue weighted by Gasteiger charge is -2.24. The summed E-state index contributed by atoms with van der Waals surface area (Å²) in [5.74, 6) is -0.159. The third-order valence-corrected chi connectivity index (χ3v) is 3.68. The van der Waals surface area contributed by atoms with Crippen LogP contribution in [0.1, 0.15) is 26.2 Å². The monoisotopic (exact) mass is 210 g/mol. The maximum atomic E-state index is 11.2. The van der Waals surface area contributed by atoms with Crippen LogP contribution in [-0.2, 0) is 9.53 Å². The molecule has 0 bridgehead atoms. The van der Waals surface area contributed by atoms with Gasteiger partial charge in [-0.05, 0) is 38.0 Å². The van der Waals surface area contributed by atoms with E-state index in [1.165, 1.54) is 0 Å². The van der Waals surface area contributed by atoms with Crippen molar-refractivity contribution < 1.29 is 14.6 Å². The summed E-state index contributed by atoms with van der Waals surface area (Å²) < 4.78 is 5.56. The fourth-order valence-electron chi connectivity index (χ4n) is 3.05. The van der Waals surface area contributed by atoms with Crippen molar-refractivity contribution in [2.45, 2.75) is 32.3 Å². The molecule has 0 unspecified atom stereocenters. The molecule has 15 heavy (non-hydrogen) atoms. The largest absolute Gasteiger partial charge is 0.481 e. The first kappa shape index (κ1) is 10.7. The lowest BCUT2D eigenvalue weighted by molar-refractivity contribution is -0.148. The van der Waals surface area contributed by atoms with E-state index in [0.29, 0.717) is 18.4 Å². The SMILES string of the molecule is CCO[C@@H]1C[C@H]2CC=CC[C@@H]2[C@H]1C(=O)O. The van der Waals surface area contributed by atoms with E-state index in [1.807, 2.05) is 6.92 Å². The molecule has 0 aromatic rings. The summed E-state index contributed by atoms with van der Waals surface area (Å²) in [4.78, 5) is 11.2. The summed E-state index contributed by atoms with van der Waals surface area (Å²) in [6, 6.07) is 0. The van der Waals surface area contributed by atoms with Crippen LogP contribution in [0.3, 0.4) is 0 Å². The van der Waals surface area contributed by atoms with Gasteiger partial charge in [0, 0.05) is 6.61 Å². The quantitative estimate of drug-likeness (QED) is 0.725. The van der Waals surface area contributed by atoms with E-state index < -0.39 is 5.97 Å². The average Bonchev–Trinajstić information content (AvgIpc) is 2.56. The molecule has 84 valence electrons. The molecule has 0 saturated heterocycles. The molecule has 0 radical (unpaired) electrons. The Kier molecular flexibility index (Phi) is 3.10. The van der Waals surface area contributed by atoms with Gasteiger partial charge in [0.25, 0.3) is 0 Å². The molecule has 3 nitrogen and oxygen atoms in total. The van der Waals surface area contributed by atoms with Crippen molar-refractivity contribution >= 4 is 5.97 Å². The molecule has 0 aromatic carbocycles. The third-order valence-electron chi connectivity index (χ3n) is 3.68. The lowest BCUT2D eigenvalue weighted by atomic mass is 9.81. The zero-order chi connectivity index (χ0) is 10.8. The molecule has 0 heterocycles. The zero-order valence-corrected chi connectivity index (χ0v) is 9.06. The number of carbonyl (C=O) groups is 1. The van der Waals surface area contributed by atoms with Crippen molar-refractivity contribution in [2.24, 2.45) is 17.8 Å². The van der Waals surface area contributed by atoms with Crippen molar-refractivity contribution in [3.05, 3.63) is 12.2 Å². The highest BCUT2D eigenvalue weighted by Crippen LogP contribution is 2.45. The maximum absolute atomic E-state index is 11.2. The highest BCUT2D eigenvalue weighted by molar-refractivity contribution is 5.71.